The number of phenolic OH excluding ortho intramolecular Hbond substituents is 1. The van der Waals surface area contributed by atoms with Gasteiger partial charge in [0.1, 0.15) is 5.75 Å². The molecule has 1 saturated heterocycles. The van der Waals surface area contributed by atoms with Gasteiger partial charge in [0.15, 0.2) is 0 Å². The van der Waals surface area contributed by atoms with Gasteiger partial charge >= 0.3 is 0 Å². The van der Waals surface area contributed by atoms with Crippen molar-refractivity contribution in [1.82, 2.24) is 4.90 Å². The van der Waals surface area contributed by atoms with Crippen LogP contribution in [-0.4, -0.2) is 27.2 Å². The summed E-state index contributed by atoms with van der Waals surface area (Å²) < 4.78 is 0. The highest BCUT2D eigenvalue weighted by atomic mass is 32.2. The Balaban J connectivity index is 1.79. The van der Waals surface area contributed by atoms with E-state index in [4.69, 9.17) is 0 Å². The van der Waals surface area contributed by atoms with Crippen LogP contribution in [0, 0.1) is 5.92 Å². The fourth-order valence-electron chi connectivity index (χ4n) is 3.42. The van der Waals surface area contributed by atoms with E-state index < -0.39 is 0 Å². The summed E-state index contributed by atoms with van der Waals surface area (Å²) in [5, 5.41) is 9.34. The van der Waals surface area contributed by atoms with Crippen LogP contribution >= 0.6 is 11.8 Å². The lowest BCUT2D eigenvalue weighted by atomic mass is 9.84. The van der Waals surface area contributed by atoms with E-state index in [0.29, 0.717) is 10.8 Å². The van der Waals surface area contributed by atoms with E-state index in [-0.39, 0.29) is 22.9 Å². The van der Waals surface area contributed by atoms with Gasteiger partial charge in [-0.1, -0.05) is 31.4 Å². The van der Waals surface area contributed by atoms with E-state index in [1.807, 2.05) is 6.92 Å². The maximum absolute atomic E-state index is 12.6. The summed E-state index contributed by atoms with van der Waals surface area (Å²) >= 11 is 0.992. The predicted molar refractivity (Wildman–Crippen MR) is 92.0 cm³/mol. The van der Waals surface area contributed by atoms with Crippen molar-refractivity contribution in [3.05, 3.63) is 34.7 Å². The summed E-state index contributed by atoms with van der Waals surface area (Å²) in [5.41, 5.74) is 0.723. The summed E-state index contributed by atoms with van der Waals surface area (Å²) in [6.07, 6.45) is 7.48. The number of rotatable bonds is 3. The lowest BCUT2D eigenvalue weighted by Crippen LogP contribution is -2.42. The molecule has 1 aliphatic heterocycles. The molecular weight excluding hydrogens is 310 g/mol. The highest BCUT2D eigenvalue weighted by molar-refractivity contribution is 8.18. The largest absolute Gasteiger partial charge is 0.508 e. The van der Waals surface area contributed by atoms with Crippen molar-refractivity contribution in [2.45, 2.75) is 45.1 Å². The number of carbonyl (C=O) groups excluding carboxylic acids is 2. The Kier molecular flexibility index (Phi) is 4.76. The third kappa shape index (κ3) is 3.44. The maximum Gasteiger partial charge on any atom is 0.293 e. The first-order valence-corrected chi connectivity index (χ1v) is 8.94. The van der Waals surface area contributed by atoms with Crippen LogP contribution in [0.1, 0.15) is 44.6 Å². The minimum Gasteiger partial charge on any atom is -0.508 e. The van der Waals surface area contributed by atoms with Crippen molar-refractivity contribution in [1.29, 1.82) is 0 Å². The van der Waals surface area contributed by atoms with Crippen molar-refractivity contribution in [3.8, 4) is 5.75 Å². The SMILES string of the molecule is CC(C1CCCCC1)N1C(=O)S/C(=C\c2cccc(O)c2)C1=O. The number of carbonyl (C=O) groups is 2. The van der Waals surface area contributed by atoms with Gasteiger partial charge in [-0.3, -0.25) is 14.5 Å². The monoisotopic (exact) mass is 331 g/mol. The number of aromatic hydroxyl groups is 1. The molecule has 1 unspecified atom stereocenters. The molecule has 1 atom stereocenters. The molecule has 5 heteroatoms. The lowest BCUT2D eigenvalue weighted by molar-refractivity contribution is -0.125. The number of imide groups is 1. The van der Waals surface area contributed by atoms with E-state index in [0.717, 1.165) is 30.2 Å². The van der Waals surface area contributed by atoms with E-state index in [2.05, 4.69) is 0 Å². The quantitative estimate of drug-likeness (QED) is 0.834. The highest BCUT2D eigenvalue weighted by Gasteiger charge is 2.40. The molecule has 1 aromatic carbocycles. The number of thioether (sulfide) groups is 1. The Labute approximate surface area is 140 Å². The fourth-order valence-corrected chi connectivity index (χ4v) is 4.34. The molecule has 0 aromatic heterocycles. The third-order valence-electron chi connectivity index (χ3n) is 4.73. The van der Waals surface area contributed by atoms with Gasteiger partial charge in [-0.05, 0) is 61.2 Å². The van der Waals surface area contributed by atoms with Crippen LogP contribution < -0.4 is 0 Å². The normalized spacial score (nSPS) is 22.8. The minimum atomic E-state index is -0.207. The Morgan fingerprint density at radius 3 is 2.70 bits per heavy atom. The summed E-state index contributed by atoms with van der Waals surface area (Å²) in [4.78, 5) is 26.8. The molecular formula is C18H21NO3S. The van der Waals surface area contributed by atoms with Crippen molar-refractivity contribution in [2.75, 3.05) is 0 Å². The highest BCUT2D eigenvalue weighted by Crippen LogP contribution is 2.38. The molecule has 122 valence electrons. The van der Waals surface area contributed by atoms with Gasteiger partial charge in [0.25, 0.3) is 11.1 Å². The number of hydrogen-bond donors (Lipinski definition) is 1. The van der Waals surface area contributed by atoms with Crippen molar-refractivity contribution in [2.24, 2.45) is 5.92 Å². The number of phenols is 1. The van der Waals surface area contributed by atoms with Gasteiger partial charge in [-0.2, -0.15) is 0 Å². The summed E-state index contributed by atoms with van der Waals surface area (Å²) in [7, 11) is 0. The summed E-state index contributed by atoms with van der Waals surface area (Å²) in [6.45, 7) is 1.99. The maximum atomic E-state index is 12.6. The van der Waals surface area contributed by atoms with Gasteiger partial charge in [-0.25, -0.2) is 0 Å². The van der Waals surface area contributed by atoms with Crippen molar-refractivity contribution >= 4 is 29.0 Å². The number of hydrogen-bond acceptors (Lipinski definition) is 4. The van der Waals surface area contributed by atoms with Gasteiger partial charge < -0.3 is 5.11 Å². The molecule has 0 radical (unpaired) electrons. The van der Waals surface area contributed by atoms with Crippen molar-refractivity contribution < 1.29 is 14.7 Å². The zero-order valence-electron chi connectivity index (χ0n) is 13.2. The zero-order chi connectivity index (χ0) is 16.4. The molecule has 1 saturated carbocycles. The molecule has 1 N–H and O–H groups in total. The Hall–Kier alpha value is -1.75. The standard InChI is InChI=1S/C18H21NO3S/c1-12(14-7-3-2-4-8-14)19-17(21)16(23-18(19)22)11-13-6-5-9-15(20)10-13/h5-6,9-12,14,20H,2-4,7-8H2,1H3/b16-11-. The Morgan fingerprint density at radius 1 is 1.26 bits per heavy atom. The molecule has 2 fully saturated rings. The molecule has 4 nitrogen and oxygen atoms in total. The number of benzene rings is 1. The van der Waals surface area contributed by atoms with Crippen molar-refractivity contribution in [3.63, 3.8) is 0 Å². The fraction of sp³-hybridized carbons (Fsp3) is 0.444. The summed E-state index contributed by atoms with van der Waals surface area (Å²) in [6, 6.07) is 6.64. The first-order chi connectivity index (χ1) is 11.1. The smallest absolute Gasteiger partial charge is 0.293 e. The molecule has 1 aromatic rings. The van der Waals surface area contributed by atoms with E-state index >= 15 is 0 Å². The van der Waals surface area contributed by atoms with Crippen LogP contribution in [-0.2, 0) is 4.79 Å². The average molecular weight is 331 g/mol. The molecule has 0 bridgehead atoms. The molecule has 0 spiro atoms. The van der Waals surface area contributed by atoms with Crippen LogP contribution in [0.15, 0.2) is 29.2 Å². The summed E-state index contributed by atoms with van der Waals surface area (Å²) in [5.74, 6) is 0.354. The number of nitrogens with zero attached hydrogens (tertiary/aromatic N) is 1. The van der Waals surface area contributed by atoms with E-state index in [1.54, 1.807) is 30.3 Å². The minimum absolute atomic E-state index is 0.0436. The second-order valence-corrected chi connectivity index (χ2v) is 7.28. The van der Waals surface area contributed by atoms with Crippen LogP contribution in [0.25, 0.3) is 6.08 Å². The van der Waals surface area contributed by atoms with Crippen LogP contribution in [0.3, 0.4) is 0 Å². The van der Waals surface area contributed by atoms with Gasteiger partial charge in [0.2, 0.25) is 0 Å². The molecule has 3 rings (SSSR count). The second kappa shape index (κ2) is 6.79. The Bertz CT molecular complexity index is 649. The topological polar surface area (TPSA) is 57.6 Å². The predicted octanol–water partition coefficient (Wildman–Crippen LogP) is 4.40. The molecule has 1 aliphatic carbocycles. The molecule has 1 heterocycles. The number of amides is 2. The van der Waals surface area contributed by atoms with Gasteiger partial charge in [-0.15, -0.1) is 0 Å². The Morgan fingerprint density at radius 2 is 2.00 bits per heavy atom. The lowest BCUT2D eigenvalue weighted by Gasteiger charge is -2.32. The molecule has 2 aliphatic rings. The third-order valence-corrected chi connectivity index (χ3v) is 5.61. The molecule has 2 amide bonds. The van der Waals surface area contributed by atoms with Crippen LogP contribution in [0.5, 0.6) is 5.75 Å². The first-order valence-electron chi connectivity index (χ1n) is 8.12. The van der Waals surface area contributed by atoms with Crippen LogP contribution in [0.2, 0.25) is 0 Å². The van der Waals surface area contributed by atoms with Crippen LogP contribution in [0.4, 0.5) is 4.79 Å². The average Bonchev–Trinajstić information content (AvgIpc) is 2.81. The first kappa shape index (κ1) is 16.1. The zero-order valence-corrected chi connectivity index (χ0v) is 14.0. The van der Waals surface area contributed by atoms with E-state index in [9.17, 15) is 14.7 Å². The van der Waals surface area contributed by atoms with Gasteiger partial charge in [0.05, 0.1) is 4.91 Å². The second-order valence-electron chi connectivity index (χ2n) is 6.29. The van der Waals surface area contributed by atoms with Gasteiger partial charge in [0, 0.05) is 6.04 Å². The van der Waals surface area contributed by atoms with E-state index in [1.165, 1.54) is 24.2 Å². The molecule has 23 heavy (non-hydrogen) atoms.